The van der Waals surface area contributed by atoms with Gasteiger partial charge in [-0.3, -0.25) is 9.38 Å². The van der Waals surface area contributed by atoms with Crippen LogP contribution in [0.4, 0.5) is 5.82 Å². The van der Waals surface area contributed by atoms with E-state index in [2.05, 4.69) is 60.7 Å². The number of rotatable bonds is 7. The molecule has 3 rings (SSSR count). The van der Waals surface area contributed by atoms with Gasteiger partial charge in [0, 0.05) is 17.9 Å². The van der Waals surface area contributed by atoms with E-state index in [0.29, 0.717) is 0 Å². The lowest BCUT2D eigenvalue weighted by atomic mass is 9.96. The second kappa shape index (κ2) is 8.54. The molecule has 0 fully saturated rings. The number of aromatic nitrogens is 3. The number of fused-ring (bicyclic) bond motifs is 1. The summed E-state index contributed by atoms with van der Waals surface area (Å²) in [4.78, 5) is 9.38. The van der Waals surface area contributed by atoms with E-state index in [-0.39, 0.29) is 17.9 Å². The summed E-state index contributed by atoms with van der Waals surface area (Å²) in [6.07, 6.45) is 8.77. The number of nitrogens with zero attached hydrogens (tertiary/aromatic N) is 3. The van der Waals surface area contributed by atoms with Crippen molar-refractivity contribution < 1.29 is 0 Å². The Bertz CT molecular complexity index is 840. The molecule has 0 saturated carbocycles. The highest BCUT2D eigenvalue weighted by atomic mass is 35.5. The maximum atomic E-state index is 4.86. The summed E-state index contributed by atoms with van der Waals surface area (Å²) in [7, 11) is 0. The molecule has 3 aromatic heterocycles. The molecule has 3 heterocycles. The third kappa shape index (κ3) is 4.55. The number of anilines is 1. The molecule has 4 nitrogen and oxygen atoms in total. The summed E-state index contributed by atoms with van der Waals surface area (Å²) in [5, 5.41) is 3.75. The van der Waals surface area contributed by atoms with Gasteiger partial charge in [0.2, 0.25) is 0 Å². The van der Waals surface area contributed by atoms with Crippen molar-refractivity contribution in [3.05, 3.63) is 48.3 Å². The Morgan fingerprint density at radius 1 is 1.15 bits per heavy atom. The van der Waals surface area contributed by atoms with Crippen molar-refractivity contribution in [3.8, 4) is 11.4 Å². The Balaban J connectivity index is 0.00000243. The summed E-state index contributed by atoms with van der Waals surface area (Å²) < 4.78 is 2.14. The average Bonchev–Trinajstić information content (AvgIpc) is 2.92. The molecule has 26 heavy (non-hydrogen) atoms. The fraction of sp³-hybridized carbons (Fsp3) is 0.429. The first-order valence-corrected chi connectivity index (χ1v) is 9.18. The van der Waals surface area contributed by atoms with Crippen molar-refractivity contribution in [2.24, 2.45) is 0 Å². The highest BCUT2D eigenvalue weighted by Crippen LogP contribution is 2.31. The van der Waals surface area contributed by atoms with Gasteiger partial charge in [0.1, 0.15) is 17.2 Å². The van der Waals surface area contributed by atoms with Crippen LogP contribution in [-0.2, 0) is 0 Å². The Labute approximate surface area is 162 Å². The second-order valence-corrected chi connectivity index (χ2v) is 7.42. The molecule has 5 heteroatoms. The Kier molecular flexibility index (Phi) is 6.65. The van der Waals surface area contributed by atoms with Gasteiger partial charge in [0.25, 0.3) is 0 Å². The lowest BCUT2D eigenvalue weighted by molar-refractivity contribution is 0.482. The van der Waals surface area contributed by atoms with Crippen molar-refractivity contribution in [3.63, 3.8) is 0 Å². The number of hydrogen-bond acceptors (Lipinski definition) is 3. The number of unbranched alkanes of at least 4 members (excludes halogenated alkanes) is 2. The zero-order valence-corrected chi connectivity index (χ0v) is 16.9. The molecule has 0 unspecified atom stereocenters. The molecule has 1 N–H and O–H groups in total. The van der Waals surface area contributed by atoms with Crippen LogP contribution < -0.4 is 5.32 Å². The van der Waals surface area contributed by atoms with E-state index in [9.17, 15) is 0 Å². The van der Waals surface area contributed by atoms with Crippen LogP contribution in [0.2, 0.25) is 0 Å². The third-order valence-electron chi connectivity index (χ3n) is 4.55. The van der Waals surface area contributed by atoms with Gasteiger partial charge in [-0.1, -0.05) is 32.3 Å². The van der Waals surface area contributed by atoms with E-state index in [4.69, 9.17) is 4.98 Å². The van der Waals surface area contributed by atoms with Crippen molar-refractivity contribution in [2.45, 2.75) is 58.9 Å². The van der Waals surface area contributed by atoms with Gasteiger partial charge >= 0.3 is 0 Å². The van der Waals surface area contributed by atoms with E-state index in [1.807, 2.05) is 24.4 Å². The fourth-order valence-electron chi connectivity index (χ4n) is 3.15. The first kappa shape index (κ1) is 20.2. The number of imidazole rings is 1. The van der Waals surface area contributed by atoms with E-state index in [0.717, 1.165) is 29.3 Å². The standard InChI is InChI=1S/C21H28N4.ClH/c1-5-6-8-12-21(3,4)24-20-19(17-10-7-9-13-22-17)23-18-15-16(2)11-14-25(18)20;/h7,9-11,13-15,24H,5-6,8,12H2,1-4H3;1H. The Morgan fingerprint density at radius 2 is 1.96 bits per heavy atom. The second-order valence-electron chi connectivity index (χ2n) is 7.42. The molecule has 0 amide bonds. The van der Waals surface area contributed by atoms with Gasteiger partial charge in [0.05, 0.1) is 5.69 Å². The molecule has 140 valence electrons. The van der Waals surface area contributed by atoms with Crippen molar-refractivity contribution in [1.82, 2.24) is 14.4 Å². The van der Waals surface area contributed by atoms with Crippen LogP contribution in [0.3, 0.4) is 0 Å². The van der Waals surface area contributed by atoms with Crippen LogP contribution in [0.1, 0.15) is 52.0 Å². The molecule has 0 aromatic carbocycles. The van der Waals surface area contributed by atoms with Crippen LogP contribution in [0, 0.1) is 6.92 Å². The molecule has 0 atom stereocenters. The first-order valence-electron chi connectivity index (χ1n) is 9.18. The van der Waals surface area contributed by atoms with Crippen LogP contribution in [-0.4, -0.2) is 19.9 Å². The quantitative estimate of drug-likeness (QED) is 0.525. The Morgan fingerprint density at radius 3 is 2.65 bits per heavy atom. The predicted octanol–water partition coefficient (Wildman–Crippen LogP) is 5.90. The largest absolute Gasteiger partial charge is 0.364 e. The molecule has 3 aromatic rings. The first-order chi connectivity index (χ1) is 12.0. The average molecular weight is 373 g/mol. The van der Waals surface area contributed by atoms with Crippen LogP contribution in [0.25, 0.3) is 17.0 Å². The maximum Gasteiger partial charge on any atom is 0.140 e. The summed E-state index contributed by atoms with van der Waals surface area (Å²) in [5.74, 6) is 1.02. The molecule has 0 aliphatic heterocycles. The lowest BCUT2D eigenvalue weighted by Gasteiger charge is -2.28. The number of pyridine rings is 2. The molecule has 0 saturated heterocycles. The monoisotopic (exact) mass is 372 g/mol. The van der Waals surface area contributed by atoms with Gasteiger partial charge in [-0.05, 0) is 57.0 Å². The molecule has 0 aliphatic rings. The van der Waals surface area contributed by atoms with Crippen molar-refractivity contribution in [2.75, 3.05) is 5.32 Å². The van der Waals surface area contributed by atoms with E-state index in [1.165, 1.54) is 24.8 Å². The minimum absolute atomic E-state index is 0. The molecule has 0 radical (unpaired) electrons. The van der Waals surface area contributed by atoms with Crippen LogP contribution in [0.5, 0.6) is 0 Å². The summed E-state index contributed by atoms with van der Waals surface area (Å²) in [6.45, 7) is 8.86. The number of hydrogen-bond donors (Lipinski definition) is 1. The minimum Gasteiger partial charge on any atom is -0.364 e. The van der Waals surface area contributed by atoms with E-state index in [1.54, 1.807) is 0 Å². The summed E-state index contributed by atoms with van der Waals surface area (Å²) in [6, 6.07) is 10.2. The molecule has 0 spiro atoms. The molecular weight excluding hydrogens is 344 g/mol. The fourth-order valence-corrected chi connectivity index (χ4v) is 3.15. The lowest BCUT2D eigenvalue weighted by Crippen LogP contribution is -2.31. The van der Waals surface area contributed by atoms with Crippen LogP contribution >= 0.6 is 12.4 Å². The van der Waals surface area contributed by atoms with Crippen molar-refractivity contribution in [1.29, 1.82) is 0 Å². The zero-order chi connectivity index (χ0) is 17.9. The van der Waals surface area contributed by atoms with E-state index >= 15 is 0 Å². The summed E-state index contributed by atoms with van der Waals surface area (Å²) >= 11 is 0. The molecule has 0 bridgehead atoms. The summed E-state index contributed by atoms with van der Waals surface area (Å²) in [5.41, 5.74) is 3.97. The number of aryl methyl sites for hydroxylation is 1. The Hall–Kier alpha value is -2.07. The normalized spacial score (nSPS) is 11.4. The SMILES string of the molecule is CCCCCC(C)(C)Nc1c(-c2ccccn2)nc2cc(C)ccn12.Cl. The number of halogens is 1. The van der Waals surface area contributed by atoms with Gasteiger partial charge in [-0.25, -0.2) is 4.98 Å². The highest BCUT2D eigenvalue weighted by Gasteiger charge is 2.23. The minimum atomic E-state index is -0.000447. The van der Waals surface area contributed by atoms with Gasteiger partial charge in [0.15, 0.2) is 0 Å². The highest BCUT2D eigenvalue weighted by molar-refractivity contribution is 5.85. The molecule has 0 aliphatic carbocycles. The third-order valence-corrected chi connectivity index (χ3v) is 4.55. The topological polar surface area (TPSA) is 42.2 Å². The smallest absolute Gasteiger partial charge is 0.140 e. The van der Waals surface area contributed by atoms with Crippen molar-refractivity contribution >= 4 is 23.9 Å². The van der Waals surface area contributed by atoms with Gasteiger partial charge < -0.3 is 5.32 Å². The van der Waals surface area contributed by atoms with Crippen LogP contribution in [0.15, 0.2) is 42.7 Å². The number of nitrogens with one attached hydrogen (secondary N) is 1. The molecular formula is C21H29ClN4. The van der Waals surface area contributed by atoms with E-state index < -0.39 is 0 Å². The zero-order valence-electron chi connectivity index (χ0n) is 16.1. The van der Waals surface area contributed by atoms with Gasteiger partial charge in [-0.2, -0.15) is 0 Å². The maximum absolute atomic E-state index is 4.86. The van der Waals surface area contributed by atoms with Gasteiger partial charge in [-0.15, -0.1) is 12.4 Å². The predicted molar refractivity (Wildman–Crippen MR) is 112 cm³/mol.